The van der Waals surface area contributed by atoms with E-state index in [4.69, 9.17) is 16.7 Å². The SMILES string of the molecule is Cn1c(-c2ccncc2)nc(Cl)c1CCO. The van der Waals surface area contributed by atoms with Crippen molar-refractivity contribution in [3.63, 3.8) is 0 Å². The Kier molecular flexibility index (Phi) is 3.22. The maximum absolute atomic E-state index is 8.94. The van der Waals surface area contributed by atoms with E-state index in [1.807, 2.05) is 23.7 Å². The van der Waals surface area contributed by atoms with Crippen molar-refractivity contribution in [2.75, 3.05) is 6.61 Å². The molecule has 1 N–H and O–H groups in total. The summed E-state index contributed by atoms with van der Waals surface area (Å²) in [5.74, 6) is 0.788. The van der Waals surface area contributed by atoms with Crippen LogP contribution in [0.1, 0.15) is 5.69 Å². The minimum atomic E-state index is 0.0645. The van der Waals surface area contributed by atoms with Crippen LogP contribution in [0.2, 0.25) is 5.15 Å². The van der Waals surface area contributed by atoms with Gasteiger partial charge in [0.2, 0.25) is 0 Å². The molecule has 0 unspecified atom stereocenters. The summed E-state index contributed by atoms with van der Waals surface area (Å²) in [6.45, 7) is 0.0645. The van der Waals surface area contributed by atoms with Crippen LogP contribution in [0, 0.1) is 0 Å². The molecular formula is C11H12ClN3O. The van der Waals surface area contributed by atoms with Gasteiger partial charge in [-0.1, -0.05) is 11.6 Å². The van der Waals surface area contributed by atoms with Gasteiger partial charge in [-0.2, -0.15) is 0 Å². The fourth-order valence-corrected chi connectivity index (χ4v) is 1.94. The van der Waals surface area contributed by atoms with Crippen LogP contribution in [0.15, 0.2) is 24.5 Å². The predicted octanol–water partition coefficient (Wildman–Crippen LogP) is 1.67. The second-order valence-electron chi connectivity index (χ2n) is 3.44. The van der Waals surface area contributed by atoms with E-state index < -0.39 is 0 Å². The van der Waals surface area contributed by atoms with Gasteiger partial charge in [0.15, 0.2) is 5.15 Å². The molecular weight excluding hydrogens is 226 g/mol. The van der Waals surface area contributed by atoms with E-state index in [2.05, 4.69) is 9.97 Å². The molecule has 0 aromatic carbocycles. The quantitative estimate of drug-likeness (QED) is 0.884. The Morgan fingerprint density at radius 1 is 1.38 bits per heavy atom. The molecule has 0 aliphatic carbocycles. The second kappa shape index (κ2) is 4.63. The van der Waals surface area contributed by atoms with Crippen molar-refractivity contribution in [1.29, 1.82) is 0 Å². The lowest BCUT2D eigenvalue weighted by Crippen LogP contribution is -2.01. The number of nitrogens with zero attached hydrogens (tertiary/aromatic N) is 3. The average Bonchev–Trinajstić information content (AvgIpc) is 2.59. The highest BCUT2D eigenvalue weighted by Gasteiger charge is 2.13. The topological polar surface area (TPSA) is 50.9 Å². The Balaban J connectivity index is 2.47. The molecule has 2 aromatic heterocycles. The maximum Gasteiger partial charge on any atom is 0.151 e. The standard InChI is InChI=1S/C11H12ClN3O/c1-15-9(4-7-16)10(12)14-11(15)8-2-5-13-6-3-8/h2-3,5-6,16H,4,7H2,1H3. The number of halogens is 1. The molecule has 2 rings (SSSR count). The van der Waals surface area contributed by atoms with Crippen LogP contribution in [0.5, 0.6) is 0 Å². The predicted molar refractivity (Wildman–Crippen MR) is 62.2 cm³/mol. The molecule has 0 bridgehead atoms. The molecule has 0 amide bonds. The summed E-state index contributed by atoms with van der Waals surface area (Å²) >= 11 is 6.02. The fraction of sp³-hybridized carbons (Fsp3) is 0.273. The van der Waals surface area contributed by atoms with Crippen LogP contribution in [0.25, 0.3) is 11.4 Å². The molecule has 5 heteroatoms. The van der Waals surface area contributed by atoms with Crippen molar-refractivity contribution in [2.45, 2.75) is 6.42 Å². The Morgan fingerprint density at radius 2 is 2.06 bits per heavy atom. The summed E-state index contributed by atoms with van der Waals surface area (Å²) in [6, 6.07) is 3.75. The third-order valence-corrected chi connectivity index (χ3v) is 2.75. The van der Waals surface area contributed by atoms with E-state index in [0.717, 1.165) is 17.1 Å². The van der Waals surface area contributed by atoms with Crippen LogP contribution >= 0.6 is 11.6 Å². The van der Waals surface area contributed by atoms with Crippen molar-refractivity contribution in [3.8, 4) is 11.4 Å². The highest BCUT2D eigenvalue weighted by Crippen LogP contribution is 2.24. The maximum atomic E-state index is 8.94. The first-order valence-electron chi connectivity index (χ1n) is 4.96. The van der Waals surface area contributed by atoms with E-state index in [1.165, 1.54) is 0 Å². The second-order valence-corrected chi connectivity index (χ2v) is 3.80. The Bertz CT molecular complexity index is 481. The van der Waals surface area contributed by atoms with E-state index >= 15 is 0 Å². The molecule has 0 spiro atoms. The number of aromatic nitrogens is 3. The number of pyridine rings is 1. The van der Waals surface area contributed by atoms with Crippen molar-refractivity contribution in [3.05, 3.63) is 35.4 Å². The Hall–Kier alpha value is -1.39. The van der Waals surface area contributed by atoms with Crippen LogP contribution in [0.4, 0.5) is 0 Å². The molecule has 84 valence electrons. The van der Waals surface area contributed by atoms with Gasteiger partial charge in [0, 0.05) is 38.0 Å². The molecule has 0 fully saturated rings. The van der Waals surface area contributed by atoms with Crippen LogP contribution < -0.4 is 0 Å². The summed E-state index contributed by atoms with van der Waals surface area (Å²) in [4.78, 5) is 8.24. The molecule has 0 radical (unpaired) electrons. The zero-order valence-corrected chi connectivity index (χ0v) is 9.65. The van der Waals surface area contributed by atoms with Gasteiger partial charge in [0.25, 0.3) is 0 Å². The smallest absolute Gasteiger partial charge is 0.151 e. The molecule has 0 aliphatic heterocycles. The first kappa shape index (κ1) is 11.1. The minimum Gasteiger partial charge on any atom is -0.396 e. The number of hydrogen-bond donors (Lipinski definition) is 1. The zero-order valence-electron chi connectivity index (χ0n) is 8.89. The van der Waals surface area contributed by atoms with Crippen molar-refractivity contribution >= 4 is 11.6 Å². The summed E-state index contributed by atoms with van der Waals surface area (Å²) in [6.07, 6.45) is 3.93. The third kappa shape index (κ3) is 1.94. The van der Waals surface area contributed by atoms with Crippen LogP contribution in [-0.4, -0.2) is 26.2 Å². The molecule has 0 aliphatic rings. The van der Waals surface area contributed by atoms with E-state index in [1.54, 1.807) is 12.4 Å². The number of hydrogen-bond acceptors (Lipinski definition) is 3. The normalized spacial score (nSPS) is 10.7. The zero-order chi connectivity index (χ0) is 11.5. The van der Waals surface area contributed by atoms with Crippen molar-refractivity contribution in [1.82, 2.24) is 14.5 Å². The largest absolute Gasteiger partial charge is 0.396 e. The fourth-order valence-electron chi connectivity index (χ4n) is 1.63. The van der Waals surface area contributed by atoms with Gasteiger partial charge in [-0.15, -0.1) is 0 Å². The number of rotatable bonds is 3. The van der Waals surface area contributed by atoms with Crippen molar-refractivity contribution in [2.24, 2.45) is 7.05 Å². The molecule has 4 nitrogen and oxygen atoms in total. The molecule has 2 aromatic rings. The van der Waals surface area contributed by atoms with Gasteiger partial charge in [0.05, 0.1) is 5.69 Å². The van der Waals surface area contributed by atoms with Gasteiger partial charge >= 0.3 is 0 Å². The average molecular weight is 238 g/mol. The van der Waals surface area contributed by atoms with E-state index in [9.17, 15) is 0 Å². The Labute approximate surface area is 98.5 Å². The number of aliphatic hydroxyl groups is 1. The van der Waals surface area contributed by atoms with Crippen molar-refractivity contribution < 1.29 is 5.11 Å². The minimum absolute atomic E-state index is 0.0645. The lowest BCUT2D eigenvalue weighted by Gasteiger charge is -2.04. The monoisotopic (exact) mass is 237 g/mol. The summed E-state index contributed by atoms with van der Waals surface area (Å²) in [5, 5.41) is 9.39. The summed E-state index contributed by atoms with van der Waals surface area (Å²) in [5.41, 5.74) is 1.81. The van der Waals surface area contributed by atoms with Gasteiger partial charge < -0.3 is 9.67 Å². The van der Waals surface area contributed by atoms with E-state index in [-0.39, 0.29) is 6.61 Å². The van der Waals surface area contributed by atoms with Gasteiger partial charge in [-0.25, -0.2) is 4.98 Å². The summed E-state index contributed by atoms with van der Waals surface area (Å²) in [7, 11) is 1.89. The molecule has 16 heavy (non-hydrogen) atoms. The number of imidazole rings is 1. The molecule has 0 saturated heterocycles. The van der Waals surface area contributed by atoms with E-state index in [0.29, 0.717) is 11.6 Å². The lowest BCUT2D eigenvalue weighted by molar-refractivity contribution is 0.297. The highest BCUT2D eigenvalue weighted by molar-refractivity contribution is 6.30. The first-order valence-corrected chi connectivity index (χ1v) is 5.34. The third-order valence-electron chi connectivity index (χ3n) is 2.45. The number of aliphatic hydroxyl groups excluding tert-OH is 1. The van der Waals surface area contributed by atoms with Gasteiger partial charge in [0.1, 0.15) is 5.82 Å². The van der Waals surface area contributed by atoms with Gasteiger partial charge in [-0.3, -0.25) is 4.98 Å². The van der Waals surface area contributed by atoms with Crippen LogP contribution in [-0.2, 0) is 13.5 Å². The molecule has 0 saturated carbocycles. The lowest BCUT2D eigenvalue weighted by atomic mass is 10.2. The summed E-state index contributed by atoms with van der Waals surface area (Å²) < 4.78 is 1.90. The first-order chi connectivity index (χ1) is 7.74. The van der Waals surface area contributed by atoms with Gasteiger partial charge in [-0.05, 0) is 12.1 Å². The highest BCUT2D eigenvalue weighted by atomic mass is 35.5. The molecule has 0 atom stereocenters. The molecule has 2 heterocycles. The van der Waals surface area contributed by atoms with Crippen LogP contribution in [0.3, 0.4) is 0 Å². The Morgan fingerprint density at radius 3 is 2.69 bits per heavy atom.